The van der Waals surface area contributed by atoms with Gasteiger partial charge in [0.2, 0.25) is 0 Å². The van der Waals surface area contributed by atoms with Crippen LogP contribution in [0.3, 0.4) is 0 Å². The van der Waals surface area contributed by atoms with Crippen molar-refractivity contribution < 1.29 is 28.5 Å². The first-order valence-electron chi connectivity index (χ1n) is 20.3. The second-order valence-electron chi connectivity index (χ2n) is 14.7. The van der Waals surface area contributed by atoms with Gasteiger partial charge in [-0.25, -0.2) is 0 Å². The van der Waals surface area contributed by atoms with Crippen molar-refractivity contribution >= 4 is 34.3 Å². The summed E-state index contributed by atoms with van der Waals surface area (Å²) in [4.78, 5) is 26.9. The maximum absolute atomic E-state index is 13.4. The fraction of sp³-hybridized carbons (Fsp3) is 0.435. The molecule has 10 heteroatoms. The molecular formula is C46H54N4O6. The Bertz CT molecular complexity index is 1770. The van der Waals surface area contributed by atoms with E-state index in [9.17, 15) is 9.59 Å². The molecule has 2 fully saturated rings. The van der Waals surface area contributed by atoms with E-state index < -0.39 is 0 Å². The van der Waals surface area contributed by atoms with Crippen molar-refractivity contribution in [1.29, 1.82) is 0 Å². The van der Waals surface area contributed by atoms with Gasteiger partial charge >= 0.3 is 0 Å². The molecule has 0 aromatic heterocycles. The lowest BCUT2D eigenvalue weighted by molar-refractivity contribution is 0.0575. The summed E-state index contributed by atoms with van der Waals surface area (Å²) in [7, 11) is 0. The molecule has 0 aliphatic carbocycles. The van der Waals surface area contributed by atoms with Gasteiger partial charge in [0.05, 0.1) is 61.4 Å². The summed E-state index contributed by atoms with van der Waals surface area (Å²) < 4.78 is 24.0. The minimum absolute atomic E-state index is 0.00655. The first-order valence-corrected chi connectivity index (χ1v) is 20.3. The summed E-state index contributed by atoms with van der Waals surface area (Å²) in [5.41, 5.74) is 3.74. The van der Waals surface area contributed by atoms with Gasteiger partial charge in [-0.1, -0.05) is 76.6 Å². The Labute approximate surface area is 330 Å². The number of nitrogens with zero attached hydrogens (tertiary/aromatic N) is 4. The lowest BCUT2D eigenvalue weighted by atomic mass is 9.88. The zero-order valence-corrected chi connectivity index (χ0v) is 32.7. The Morgan fingerprint density at radius 2 is 0.946 bits per heavy atom. The number of rotatable bonds is 22. The first kappa shape index (κ1) is 40.6. The lowest BCUT2D eigenvalue weighted by Gasteiger charge is -2.16. The minimum Gasteiger partial charge on any atom is -0.494 e. The van der Waals surface area contributed by atoms with Crippen molar-refractivity contribution in [3.63, 3.8) is 0 Å². The summed E-state index contributed by atoms with van der Waals surface area (Å²) in [6, 6.07) is 29.5. The largest absolute Gasteiger partial charge is 0.494 e. The Kier molecular flexibility index (Phi) is 15.4. The highest BCUT2D eigenvalue weighted by molar-refractivity contribution is 5.97. The number of ether oxygens (including phenoxy) is 4. The Balaban J connectivity index is 0.960. The number of ketones is 2. The molecule has 4 atom stereocenters. The van der Waals surface area contributed by atoms with Gasteiger partial charge in [0.15, 0.2) is 11.6 Å². The highest BCUT2D eigenvalue weighted by Crippen LogP contribution is 2.39. The zero-order valence-electron chi connectivity index (χ0n) is 32.7. The van der Waals surface area contributed by atoms with Crippen LogP contribution >= 0.6 is 0 Å². The second-order valence-corrected chi connectivity index (χ2v) is 14.7. The summed E-state index contributed by atoms with van der Waals surface area (Å²) in [6.45, 7) is 6.62. The predicted octanol–water partition coefficient (Wildman–Crippen LogP) is 12.3. The molecule has 0 amide bonds. The Morgan fingerprint density at radius 1 is 0.536 bits per heavy atom. The van der Waals surface area contributed by atoms with Crippen molar-refractivity contribution in [1.82, 2.24) is 0 Å². The third-order valence-electron chi connectivity index (χ3n) is 10.3. The van der Waals surface area contributed by atoms with Gasteiger partial charge in [-0.05, 0) is 85.6 Å². The molecule has 2 aliphatic heterocycles. The van der Waals surface area contributed by atoms with Crippen molar-refractivity contribution in [2.24, 2.45) is 32.3 Å². The number of azo groups is 2. The van der Waals surface area contributed by atoms with Crippen molar-refractivity contribution in [2.45, 2.75) is 90.3 Å². The van der Waals surface area contributed by atoms with E-state index in [1.165, 1.54) is 38.5 Å². The van der Waals surface area contributed by atoms with Crippen LogP contribution in [0.1, 0.15) is 98.8 Å². The molecular weight excluding hydrogens is 705 g/mol. The van der Waals surface area contributed by atoms with E-state index in [4.69, 9.17) is 18.9 Å². The smallest absolute Gasteiger partial charge is 0.163 e. The van der Waals surface area contributed by atoms with Crippen LogP contribution in [0.4, 0.5) is 22.7 Å². The monoisotopic (exact) mass is 758 g/mol. The third kappa shape index (κ3) is 12.0. The van der Waals surface area contributed by atoms with E-state index in [0.29, 0.717) is 60.3 Å². The van der Waals surface area contributed by atoms with Crippen LogP contribution in [0.5, 0.6) is 11.5 Å². The van der Waals surface area contributed by atoms with E-state index in [1.54, 1.807) is 24.3 Å². The molecule has 10 nitrogen and oxygen atoms in total. The molecule has 0 bridgehead atoms. The van der Waals surface area contributed by atoms with Gasteiger partial charge in [0, 0.05) is 35.8 Å². The average Bonchev–Trinajstić information content (AvgIpc) is 3.82. The number of hydrogen-bond acceptors (Lipinski definition) is 10. The normalized spacial score (nSPS) is 19.1. The molecule has 4 aromatic rings. The van der Waals surface area contributed by atoms with Crippen LogP contribution in [0, 0.1) is 11.8 Å². The van der Waals surface area contributed by atoms with Gasteiger partial charge in [0.1, 0.15) is 11.5 Å². The molecule has 0 unspecified atom stereocenters. The zero-order chi connectivity index (χ0) is 39.0. The fourth-order valence-corrected chi connectivity index (χ4v) is 7.09. The lowest BCUT2D eigenvalue weighted by Crippen LogP contribution is -2.28. The standard InChI is InChI=1S/C46H54N4O6/c1-3-5-7-9-25-53-41-21-17-37(18-22-41)47-49-39-15-11-13-33(27-39)43(51)29-35-31-55-46-36(32-56-45(35)46)30-44(52)34-14-12-16-40(28-34)50-48-38-19-23-42(24-20-38)54-26-10-8-6-4-2/h11-24,27-28,35-36,45-46H,3-10,25-26,29-32H2,1-2H3/t35-,36-,45-,46-/m1/s1. The average molecular weight is 759 g/mol. The quantitative estimate of drug-likeness (QED) is 0.0447. The maximum Gasteiger partial charge on any atom is 0.163 e. The van der Waals surface area contributed by atoms with Crippen LogP contribution in [-0.2, 0) is 9.47 Å². The molecule has 2 saturated heterocycles. The number of Topliss-reactive ketones (excluding diaryl/α,β-unsaturated/α-hetero) is 2. The number of carbonyl (C=O) groups is 2. The molecule has 4 aromatic carbocycles. The summed E-state index contributed by atoms with van der Waals surface area (Å²) in [5, 5.41) is 17.5. The van der Waals surface area contributed by atoms with Gasteiger partial charge in [0.25, 0.3) is 0 Å². The summed E-state index contributed by atoms with van der Waals surface area (Å²) in [5.74, 6) is 1.43. The van der Waals surface area contributed by atoms with Crippen LogP contribution in [-0.4, -0.2) is 50.2 Å². The van der Waals surface area contributed by atoms with Gasteiger partial charge in [-0.15, -0.1) is 0 Å². The number of hydrogen-bond donors (Lipinski definition) is 0. The highest BCUT2D eigenvalue weighted by Gasteiger charge is 2.48. The van der Waals surface area contributed by atoms with Gasteiger partial charge < -0.3 is 18.9 Å². The molecule has 0 saturated carbocycles. The van der Waals surface area contributed by atoms with E-state index in [1.807, 2.05) is 72.8 Å². The Hall–Kier alpha value is -5.06. The van der Waals surface area contributed by atoms with Crippen LogP contribution < -0.4 is 9.47 Å². The number of carbonyl (C=O) groups excluding carboxylic acids is 2. The first-order chi connectivity index (χ1) is 27.5. The molecule has 0 spiro atoms. The molecule has 0 radical (unpaired) electrons. The van der Waals surface area contributed by atoms with Crippen molar-refractivity contribution in [2.75, 3.05) is 26.4 Å². The molecule has 6 rings (SSSR count). The van der Waals surface area contributed by atoms with Crippen LogP contribution in [0.2, 0.25) is 0 Å². The van der Waals surface area contributed by atoms with E-state index in [2.05, 4.69) is 34.3 Å². The van der Waals surface area contributed by atoms with Gasteiger partial charge in [-0.2, -0.15) is 20.5 Å². The SMILES string of the molecule is CCCCCCOc1ccc(N=Nc2cccc(C(=O)C[C@@H]3CO[C@@H]4[C@H](CC(=O)c5cccc(N=Nc6ccc(OCCCCCC)cc6)c5)CO[C@H]34)c2)cc1. The highest BCUT2D eigenvalue weighted by atomic mass is 16.6. The molecule has 2 heterocycles. The molecule has 0 N–H and O–H groups in total. The Morgan fingerprint density at radius 3 is 1.36 bits per heavy atom. The van der Waals surface area contributed by atoms with Gasteiger partial charge in [-0.3, -0.25) is 9.59 Å². The van der Waals surface area contributed by atoms with E-state index in [0.717, 1.165) is 24.3 Å². The van der Waals surface area contributed by atoms with Crippen LogP contribution in [0.15, 0.2) is 118 Å². The molecule has 56 heavy (non-hydrogen) atoms. The minimum atomic E-state index is -0.235. The second kappa shape index (κ2) is 21.3. The number of benzene rings is 4. The summed E-state index contributed by atoms with van der Waals surface area (Å²) >= 11 is 0. The topological polar surface area (TPSA) is 120 Å². The fourth-order valence-electron chi connectivity index (χ4n) is 7.09. The van der Waals surface area contributed by atoms with E-state index >= 15 is 0 Å². The molecule has 2 aliphatic rings. The van der Waals surface area contributed by atoms with Crippen molar-refractivity contribution in [3.05, 3.63) is 108 Å². The number of fused-ring (bicyclic) bond motifs is 1. The van der Waals surface area contributed by atoms with Crippen molar-refractivity contribution in [3.8, 4) is 11.5 Å². The molecule has 294 valence electrons. The predicted molar refractivity (Wildman–Crippen MR) is 218 cm³/mol. The third-order valence-corrected chi connectivity index (χ3v) is 10.3. The summed E-state index contributed by atoms with van der Waals surface area (Å²) in [6.07, 6.45) is 9.40. The van der Waals surface area contributed by atoms with Crippen LogP contribution in [0.25, 0.3) is 0 Å². The van der Waals surface area contributed by atoms with E-state index in [-0.39, 0.29) is 48.5 Å². The number of unbranched alkanes of at least 4 members (excludes halogenated alkanes) is 6. The maximum atomic E-state index is 13.4.